The Morgan fingerprint density at radius 2 is 1.78 bits per heavy atom. The lowest BCUT2D eigenvalue weighted by Crippen LogP contribution is -2.43. The Labute approximate surface area is 112 Å². The van der Waals surface area contributed by atoms with E-state index >= 15 is 0 Å². The molecule has 0 fully saturated rings. The van der Waals surface area contributed by atoms with Gasteiger partial charge in [-0.05, 0) is 46.0 Å². The summed E-state index contributed by atoms with van der Waals surface area (Å²) in [6.45, 7) is 18.0. The minimum absolute atomic E-state index is 0.0809. The highest BCUT2D eigenvalue weighted by molar-refractivity contribution is 5.68. The summed E-state index contributed by atoms with van der Waals surface area (Å²) in [7, 11) is 0. The number of nitrogens with one attached hydrogen (secondary N) is 1. The van der Waals surface area contributed by atoms with E-state index in [2.05, 4.69) is 32.7 Å². The van der Waals surface area contributed by atoms with Gasteiger partial charge in [-0.3, -0.25) is 0 Å². The molecule has 0 saturated carbocycles. The molecule has 0 bridgehead atoms. The third-order valence-electron chi connectivity index (χ3n) is 2.81. The van der Waals surface area contributed by atoms with Crippen LogP contribution < -0.4 is 5.32 Å². The molecule has 3 heteroatoms. The Balaban J connectivity index is 4.59. The first kappa shape index (κ1) is 17.0. The molecule has 1 N–H and O–H groups in total. The van der Waals surface area contributed by atoms with Crippen LogP contribution in [0.3, 0.4) is 0 Å². The van der Waals surface area contributed by atoms with Crippen LogP contribution in [0, 0.1) is 11.8 Å². The summed E-state index contributed by atoms with van der Waals surface area (Å²) < 4.78 is 5.30. The van der Waals surface area contributed by atoms with Crippen LogP contribution in [0.4, 0.5) is 4.79 Å². The number of hydrogen-bond acceptors (Lipinski definition) is 2. The van der Waals surface area contributed by atoms with Crippen molar-refractivity contribution in [3.05, 3.63) is 12.2 Å². The number of amides is 1. The van der Waals surface area contributed by atoms with E-state index in [4.69, 9.17) is 4.74 Å². The van der Waals surface area contributed by atoms with Crippen molar-refractivity contribution in [2.45, 2.75) is 66.5 Å². The number of ether oxygens (including phenoxy) is 1. The predicted octanol–water partition coefficient (Wildman–Crippen LogP) is 4.14. The third kappa shape index (κ3) is 7.36. The lowest BCUT2D eigenvalue weighted by molar-refractivity contribution is 0.0486. The van der Waals surface area contributed by atoms with Crippen LogP contribution in [0.5, 0.6) is 0 Å². The van der Waals surface area contributed by atoms with Gasteiger partial charge in [0.15, 0.2) is 0 Å². The fraction of sp³-hybridized carbons (Fsp3) is 0.800. The average molecular weight is 255 g/mol. The van der Waals surface area contributed by atoms with Gasteiger partial charge in [0.05, 0.1) is 0 Å². The van der Waals surface area contributed by atoms with E-state index in [0.717, 1.165) is 12.0 Å². The smallest absolute Gasteiger partial charge is 0.407 e. The Morgan fingerprint density at radius 3 is 2.11 bits per heavy atom. The van der Waals surface area contributed by atoms with Gasteiger partial charge in [-0.2, -0.15) is 0 Å². The van der Waals surface area contributed by atoms with Gasteiger partial charge in [-0.1, -0.05) is 32.9 Å². The second-order valence-electron chi connectivity index (χ2n) is 6.52. The van der Waals surface area contributed by atoms with E-state index < -0.39 is 5.60 Å². The normalized spacial score (nSPS) is 15.1. The molecule has 0 aromatic carbocycles. The third-order valence-corrected chi connectivity index (χ3v) is 2.81. The number of carbonyl (C=O) groups excluding carboxylic acids is 1. The molecule has 18 heavy (non-hydrogen) atoms. The molecule has 0 aliphatic carbocycles. The highest BCUT2D eigenvalue weighted by Gasteiger charge is 2.24. The van der Waals surface area contributed by atoms with Gasteiger partial charge in [0.25, 0.3) is 0 Å². The Bertz CT molecular complexity index is 289. The molecule has 0 spiro atoms. The highest BCUT2D eigenvalue weighted by atomic mass is 16.6. The molecule has 106 valence electrons. The molecule has 0 saturated heterocycles. The number of carbonyl (C=O) groups is 1. The molecule has 0 aliphatic rings. The predicted molar refractivity (Wildman–Crippen MR) is 76.6 cm³/mol. The number of rotatable bonds is 5. The van der Waals surface area contributed by atoms with Gasteiger partial charge < -0.3 is 10.1 Å². The van der Waals surface area contributed by atoms with Crippen molar-refractivity contribution in [3.63, 3.8) is 0 Å². The van der Waals surface area contributed by atoms with E-state index in [0.29, 0.717) is 5.92 Å². The number of alkyl carbamates (subject to hydrolysis) is 1. The van der Waals surface area contributed by atoms with Crippen molar-refractivity contribution in [3.8, 4) is 0 Å². The van der Waals surface area contributed by atoms with Crippen LogP contribution in [0.15, 0.2) is 12.2 Å². The maximum absolute atomic E-state index is 11.8. The zero-order valence-corrected chi connectivity index (χ0v) is 13.0. The molecule has 3 nitrogen and oxygen atoms in total. The summed E-state index contributed by atoms with van der Waals surface area (Å²) in [5.41, 5.74) is 0.621. The fourth-order valence-electron chi connectivity index (χ4n) is 1.70. The van der Waals surface area contributed by atoms with Crippen LogP contribution in [-0.2, 0) is 4.74 Å². The van der Waals surface area contributed by atoms with Crippen molar-refractivity contribution in [2.24, 2.45) is 11.8 Å². The topological polar surface area (TPSA) is 38.3 Å². The maximum Gasteiger partial charge on any atom is 0.407 e. The molecular formula is C15H29NO2. The molecule has 2 atom stereocenters. The van der Waals surface area contributed by atoms with Gasteiger partial charge in [0.1, 0.15) is 5.60 Å². The van der Waals surface area contributed by atoms with Crippen LogP contribution in [-0.4, -0.2) is 17.7 Å². The molecule has 0 aliphatic heterocycles. The van der Waals surface area contributed by atoms with Crippen LogP contribution in [0.25, 0.3) is 0 Å². The maximum atomic E-state index is 11.8. The molecule has 0 rings (SSSR count). The van der Waals surface area contributed by atoms with Crippen molar-refractivity contribution >= 4 is 6.09 Å². The minimum atomic E-state index is -0.459. The zero-order valence-electron chi connectivity index (χ0n) is 13.0. The van der Waals surface area contributed by atoms with Crippen molar-refractivity contribution in [2.75, 3.05) is 0 Å². The van der Waals surface area contributed by atoms with E-state index in [1.165, 1.54) is 0 Å². The lowest BCUT2D eigenvalue weighted by Gasteiger charge is -2.28. The van der Waals surface area contributed by atoms with Gasteiger partial charge in [0.2, 0.25) is 0 Å². The summed E-state index contributed by atoms with van der Waals surface area (Å²) >= 11 is 0. The highest BCUT2D eigenvalue weighted by Crippen LogP contribution is 2.19. The van der Waals surface area contributed by atoms with E-state index in [-0.39, 0.29) is 18.1 Å². The monoisotopic (exact) mass is 255 g/mol. The van der Waals surface area contributed by atoms with Crippen LogP contribution in [0.2, 0.25) is 0 Å². The first-order valence-corrected chi connectivity index (χ1v) is 6.68. The van der Waals surface area contributed by atoms with Gasteiger partial charge in [-0.15, -0.1) is 0 Å². The molecule has 0 heterocycles. The van der Waals surface area contributed by atoms with Gasteiger partial charge in [0, 0.05) is 6.04 Å². The molecule has 0 radical (unpaired) electrons. The molecule has 0 aromatic rings. The first-order chi connectivity index (χ1) is 8.03. The van der Waals surface area contributed by atoms with Crippen LogP contribution in [0.1, 0.15) is 54.9 Å². The summed E-state index contributed by atoms with van der Waals surface area (Å²) in [4.78, 5) is 11.8. The van der Waals surface area contributed by atoms with Crippen molar-refractivity contribution in [1.82, 2.24) is 5.32 Å². The Morgan fingerprint density at radius 1 is 1.28 bits per heavy atom. The molecular weight excluding hydrogens is 226 g/mol. The van der Waals surface area contributed by atoms with Gasteiger partial charge in [-0.25, -0.2) is 4.79 Å². The molecule has 0 aromatic heterocycles. The van der Waals surface area contributed by atoms with Gasteiger partial charge >= 0.3 is 6.09 Å². The summed E-state index contributed by atoms with van der Waals surface area (Å²) in [6, 6.07) is 0.0809. The number of hydrogen-bond donors (Lipinski definition) is 1. The second kappa shape index (κ2) is 6.81. The van der Waals surface area contributed by atoms with Crippen LogP contribution >= 0.6 is 0 Å². The second-order valence-corrected chi connectivity index (χ2v) is 6.52. The summed E-state index contributed by atoms with van der Waals surface area (Å²) in [5, 5.41) is 2.96. The van der Waals surface area contributed by atoms with Crippen molar-refractivity contribution in [1.29, 1.82) is 0 Å². The summed E-state index contributed by atoms with van der Waals surface area (Å²) in [6.07, 6.45) is 0.578. The molecule has 0 unspecified atom stereocenters. The first-order valence-electron chi connectivity index (χ1n) is 6.68. The Hall–Kier alpha value is -0.990. The average Bonchev–Trinajstić information content (AvgIpc) is 2.11. The molecule has 1 amide bonds. The largest absolute Gasteiger partial charge is 0.444 e. The zero-order chi connectivity index (χ0) is 14.5. The van der Waals surface area contributed by atoms with E-state index in [1.807, 2.05) is 27.7 Å². The standard InChI is InChI=1S/C15H29NO2/c1-10(2)9-13(12(5)11(3)4)16-14(17)18-15(6,7)8/h10,12-13H,3,9H2,1-2,4-8H3,(H,16,17)/t12-,13-/m0/s1. The fourth-order valence-corrected chi connectivity index (χ4v) is 1.70. The Kier molecular flexibility index (Phi) is 6.44. The quantitative estimate of drug-likeness (QED) is 0.750. The van der Waals surface area contributed by atoms with E-state index in [1.54, 1.807) is 0 Å². The lowest BCUT2D eigenvalue weighted by atomic mass is 9.89. The SMILES string of the molecule is C=C(C)[C@H](C)[C@H](CC(C)C)NC(=O)OC(C)(C)C. The van der Waals surface area contributed by atoms with Crippen molar-refractivity contribution < 1.29 is 9.53 Å². The minimum Gasteiger partial charge on any atom is -0.444 e. The summed E-state index contributed by atoms with van der Waals surface area (Å²) in [5.74, 6) is 0.770. The van der Waals surface area contributed by atoms with E-state index in [9.17, 15) is 4.79 Å².